The monoisotopic (exact) mass is 359 g/mol. The van der Waals surface area contributed by atoms with Crippen LogP contribution in [0.2, 0.25) is 0 Å². The average Bonchev–Trinajstić information content (AvgIpc) is 2.64. The van der Waals surface area contributed by atoms with Gasteiger partial charge in [0.15, 0.2) is 5.96 Å². The molecule has 1 aliphatic rings. The molecule has 26 heavy (non-hydrogen) atoms. The largest absolute Gasteiger partial charge is 0.369 e. The minimum Gasteiger partial charge on any atom is -0.369 e. The number of likely N-dealkylation sites (tertiary alicyclic amines) is 1. The number of nitrogens with two attached hydrogens (primary N) is 1. The second kappa shape index (κ2) is 10.2. The maximum Gasteiger partial charge on any atom is 0.221 e. The lowest BCUT2D eigenvalue weighted by Crippen LogP contribution is -2.43. The van der Waals surface area contributed by atoms with Crippen LogP contribution in [0, 0.1) is 12.8 Å². The number of rotatable bonds is 7. The smallest absolute Gasteiger partial charge is 0.221 e. The molecule has 1 amide bonds. The minimum absolute atomic E-state index is 0.0183. The number of aryl methyl sites for hydroxylation is 1. The van der Waals surface area contributed by atoms with Crippen LogP contribution in [0.3, 0.4) is 0 Å². The molecule has 1 fully saturated rings. The van der Waals surface area contributed by atoms with Gasteiger partial charge in [0.25, 0.3) is 0 Å². The number of piperidine rings is 1. The van der Waals surface area contributed by atoms with E-state index >= 15 is 0 Å². The van der Waals surface area contributed by atoms with Gasteiger partial charge in [-0.05, 0) is 50.4 Å². The lowest BCUT2D eigenvalue weighted by Gasteiger charge is -2.31. The zero-order chi connectivity index (χ0) is 18.9. The molecule has 144 valence electrons. The van der Waals surface area contributed by atoms with Gasteiger partial charge < -0.3 is 20.9 Å². The van der Waals surface area contributed by atoms with Crippen LogP contribution in [0.25, 0.3) is 0 Å². The van der Waals surface area contributed by atoms with Crippen LogP contribution < -0.4 is 11.1 Å². The number of aliphatic imine (C=N–C) groups is 1. The van der Waals surface area contributed by atoms with E-state index in [1.165, 1.54) is 11.1 Å². The summed E-state index contributed by atoms with van der Waals surface area (Å²) in [5.74, 6) is 0.762. The SMILES string of the molecule is CN=C(NCCCN1CCCC(C(N)=O)C1)N(C)Cc1ccccc1C. The van der Waals surface area contributed by atoms with E-state index in [2.05, 4.69) is 58.3 Å². The highest BCUT2D eigenvalue weighted by Crippen LogP contribution is 2.16. The van der Waals surface area contributed by atoms with E-state index in [0.29, 0.717) is 0 Å². The van der Waals surface area contributed by atoms with Gasteiger partial charge in [0, 0.05) is 33.7 Å². The van der Waals surface area contributed by atoms with Crippen molar-refractivity contribution in [2.75, 3.05) is 40.3 Å². The van der Waals surface area contributed by atoms with Gasteiger partial charge in [0.2, 0.25) is 5.91 Å². The number of hydrogen-bond donors (Lipinski definition) is 2. The molecule has 1 atom stereocenters. The molecule has 3 N–H and O–H groups in total. The van der Waals surface area contributed by atoms with Gasteiger partial charge in [0.1, 0.15) is 0 Å². The normalized spacial score (nSPS) is 18.6. The predicted octanol–water partition coefficient (Wildman–Crippen LogP) is 1.59. The van der Waals surface area contributed by atoms with Crippen molar-refractivity contribution in [1.29, 1.82) is 0 Å². The van der Waals surface area contributed by atoms with Crippen LogP contribution in [0.5, 0.6) is 0 Å². The van der Waals surface area contributed by atoms with Gasteiger partial charge in [-0.25, -0.2) is 0 Å². The van der Waals surface area contributed by atoms with Crippen molar-refractivity contribution in [3.63, 3.8) is 0 Å². The Labute approximate surface area is 157 Å². The minimum atomic E-state index is -0.161. The summed E-state index contributed by atoms with van der Waals surface area (Å²) in [6, 6.07) is 8.43. The van der Waals surface area contributed by atoms with E-state index in [9.17, 15) is 4.79 Å². The molecule has 0 saturated carbocycles. The first-order chi connectivity index (χ1) is 12.5. The summed E-state index contributed by atoms with van der Waals surface area (Å²) >= 11 is 0. The summed E-state index contributed by atoms with van der Waals surface area (Å²) in [5.41, 5.74) is 8.05. The van der Waals surface area contributed by atoms with Crippen LogP contribution in [-0.4, -0.2) is 61.9 Å². The number of primary amides is 1. The number of nitrogens with zero attached hydrogens (tertiary/aromatic N) is 3. The molecular formula is C20H33N5O. The van der Waals surface area contributed by atoms with Gasteiger partial charge in [-0.15, -0.1) is 0 Å². The summed E-state index contributed by atoms with van der Waals surface area (Å²) in [7, 11) is 3.88. The molecule has 6 nitrogen and oxygen atoms in total. The summed E-state index contributed by atoms with van der Waals surface area (Å²) in [5, 5.41) is 3.44. The van der Waals surface area contributed by atoms with E-state index in [1.807, 2.05) is 7.05 Å². The van der Waals surface area contributed by atoms with Gasteiger partial charge in [-0.1, -0.05) is 24.3 Å². The molecule has 2 rings (SSSR count). The summed E-state index contributed by atoms with van der Waals surface area (Å²) < 4.78 is 0. The van der Waals surface area contributed by atoms with E-state index in [4.69, 9.17) is 5.73 Å². The van der Waals surface area contributed by atoms with Gasteiger partial charge >= 0.3 is 0 Å². The van der Waals surface area contributed by atoms with E-state index < -0.39 is 0 Å². The fourth-order valence-electron chi connectivity index (χ4n) is 3.50. The lowest BCUT2D eigenvalue weighted by atomic mass is 9.97. The number of carbonyl (C=O) groups excluding carboxylic acids is 1. The summed E-state index contributed by atoms with van der Waals surface area (Å²) in [4.78, 5) is 20.3. The van der Waals surface area contributed by atoms with Crippen LogP contribution in [-0.2, 0) is 11.3 Å². The maximum atomic E-state index is 11.4. The molecule has 1 unspecified atom stereocenters. The molecule has 1 aromatic rings. The first-order valence-electron chi connectivity index (χ1n) is 9.49. The molecule has 0 aromatic heterocycles. The van der Waals surface area contributed by atoms with Crippen molar-refractivity contribution in [3.8, 4) is 0 Å². The third kappa shape index (κ3) is 6.02. The van der Waals surface area contributed by atoms with E-state index in [-0.39, 0.29) is 11.8 Å². The Bertz CT molecular complexity index is 616. The van der Waals surface area contributed by atoms with Crippen molar-refractivity contribution >= 4 is 11.9 Å². The third-order valence-electron chi connectivity index (χ3n) is 5.08. The number of amides is 1. The molecule has 0 aliphatic carbocycles. The maximum absolute atomic E-state index is 11.4. The number of guanidine groups is 1. The Morgan fingerprint density at radius 3 is 2.88 bits per heavy atom. The summed E-state index contributed by atoms with van der Waals surface area (Å²) in [6.07, 6.45) is 3.00. The Morgan fingerprint density at radius 2 is 2.19 bits per heavy atom. The zero-order valence-corrected chi connectivity index (χ0v) is 16.4. The second-order valence-corrected chi connectivity index (χ2v) is 7.15. The molecule has 1 heterocycles. The van der Waals surface area contributed by atoms with Crippen molar-refractivity contribution in [1.82, 2.24) is 15.1 Å². The van der Waals surface area contributed by atoms with E-state index in [0.717, 1.165) is 57.9 Å². The zero-order valence-electron chi connectivity index (χ0n) is 16.4. The summed E-state index contributed by atoms with van der Waals surface area (Å²) in [6.45, 7) is 6.68. The Kier molecular flexibility index (Phi) is 7.91. The fourth-order valence-corrected chi connectivity index (χ4v) is 3.50. The molecular weight excluding hydrogens is 326 g/mol. The van der Waals surface area contributed by atoms with Crippen LogP contribution in [0.1, 0.15) is 30.4 Å². The number of hydrogen-bond acceptors (Lipinski definition) is 3. The molecule has 0 bridgehead atoms. The molecule has 0 radical (unpaired) electrons. The molecule has 0 spiro atoms. The van der Waals surface area contributed by atoms with E-state index in [1.54, 1.807) is 0 Å². The van der Waals surface area contributed by atoms with Gasteiger partial charge in [-0.3, -0.25) is 9.79 Å². The highest BCUT2D eigenvalue weighted by atomic mass is 16.1. The average molecular weight is 360 g/mol. The Hall–Kier alpha value is -2.08. The first-order valence-corrected chi connectivity index (χ1v) is 9.49. The Balaban J connectivity index is 1.73. The van der Waals surface area contributed by atoms with Crippen molar-refractivity contribution in [2.24, 2.45) is 16.6 Å². The number of nitrogens with one attached hydrogen (secondary N) is 1. The highest BCUT2D eigenvalue weighted by Gasteiger charge is 2.23. The lowest BCUT2D eigenvalue weighted by molar-refractivity contribution is -0.123. The number of carbonyl (C=O) groups is 1. The number of benzene rings is 1. The Morgan fingerprint density at radius 1 is 1.42 bits per heavy atom. The molecule has 6 heteroatoms. The molecule has 1 aromatic carbocycles. The van der Waals surface area contributed by atoms with Crippen LogP contribution in [0.15, 0.2) is 29.3 Å². The van der Waals surface area contributed by atoms with Crippen LogP contribution >= 0.6 is 0 Å². The molecule has 1 aliphatic heterocycles. The third-order valence-corrected chi connectivity index (χ3v) is 5.08. The van der Waals surface area contributed by atoms with Crippen molar-refractivity contribution in [3.05, 3.63) is 35.4 Å². The quantitative estimate of drug-likeness (QED) is 0.440. The molecule has 1 saturated heterocycles. The fraction of sp³-hybridized carbons (Fsp3) is 0.600. The topological polar surface area (TPSA) is 74.0 Å². The van der Waals surface area contributed by atoms with Crippen molar-refractivity contribution in [2.45, 2.75) is 32.7 Å². The van der Waals surface area contributed by atoms with Gasteiger partial charge in [0.05, 0.1) is 5.92 Å². The first kappa shape index (κ1) is 20.2. The predicted molar refractivity (Wildman–Crippen MR) is 107 cm³/mol. The van der Waals surface area contributed by atoms with Crippen LogP contribution in [0.4, 0.5) is 0 Å². The standard InChI is InChI=1S/C20H33N5O/c1-16-8-4-5-9-17(16)14-24(3)20(22-2)23-11-7-13-25-12-6-10-18(15-25)19(21)26/h4-5,8-9,18H,6-7,10-15H2,1-3H3,(H2,21,26)(H,22,23). The highest BCUT2D eigenvalue weighted by molar-refractivity contribution is 5.79. The van der Waals surface area contributed by atoms with Crippen molar-refractivity contribution < 1.29 is 4.79 Å². The second-order valence-electron chi connectivity index (χ2n) is 7.15. The van der Waals surface area contributed by atoms with Gasteiger partial charge in [-0.2, -0.15) is 0 Å².